The summed E-state index contributed by atoms with van der Waals surface area (Å²) in [5, 5.41) is 4.24. The zero-order valence-corrected chi connectivity index (χ0v) is 12.6. The first-order valence-electron chi connectivity index (χ1n) is 6.52. The van der Waals surface area contributed by atoms with Crippen molar-refractivity contribution in [1.29, 1.82) is 0 Å². The third kappa shape index (κ3) is 6.39. The van der Waals surface area contributed by atoms with E-state index >= 15 is 0 Å². The van der Waals surface area contributed by atoms with E-state index in [4.69, 9.17) is 16.3 Å². The minimum absolute atomic E-state index is 0.136. The molecule has 1 aromatic rings. The van der Waals surface area contributed by atoms with Crippen molar-refractivity contribution < 1.29 is 4.74 Å². The van der Waals surface area contributed by atoms with Crippen LogP contribution in [0.1, 0.15) is 39.7 Å². The molecule has 3 heteroatoms. The molecule has 0 aliphatic carbocycles. The first kappa shape index (κ1) is 15.5. The van der Waals surface area contributed by atoms with Gasteiger partial charge >= 0.3 is 0 Å². The Balaban J connectivity index is 2.37. The van der Waals surface area contributed by atoms with Crippen molar-refractivity contribution >= 4 is 11.6 Å². The van der Waals surface area contributed by atoms with Crippen LogP contribution in [-0.4, -0.2) is 18.2 Å². The van der Waals surface area contributed by atoms with Gasteiger partial charge in [-0.2, -0.15) is 0 Å². The van der Waals surface area contributed by atoms with Crippen molar-refractivity contribution in [3.63, 3.8) is 0 Å². The largest absolute Gasteiger partial charge is 0.372 e. The van der Waals surface area contributed by atoms with Crippen LogP contribution in [0.4, 0.5) is 0 Å². The summed E-state index contributed by atoms with van der Waals surface area (Å²) in [4.78, 5) is 0. The van der Waals surface area contributed by atoms with E-state index in [0.717, 1.165) is 23.6 Å². The topological polar surface area (TPSA) is 21.3 Å². The Morgan fingerprint density at radius 1 is 1.22 bits per heavy atom. The van der Waals surface area contributed by atoms with Crippen molar-refractivity contribution in [3.05, 3.63) is 34.9 Å². The fourth-order valence-electron chi connectivity index (χ4n) is 1.54. The van der Waals surface area contributed by atoms with Gasteiger partial charge in [0.2, 0.25) is 0 Å². The molecule has 1 rings (SSSR count). The predicted octanol–water partition coefficient (Wildman–Crippen LogP) is 4.02. The molecule has 1 N–H and O–H groups in total. The molecule has 0 aliphatic rings. The highest BCUT2D eigenvalue weighted by atomic mass is 35.5. The second kappa shape index (κ2) is 7.13. The molecule has 0 bridgehead atoms. The van der Waals surface area contributed by atoms with Crippen molar-refractivity contribution in [1.82, 2.24) is 5.32 Å². The van der Waals surface area contributed by atoms with E-state index in [1.165, 1.54) is 0 Å². The first-order valence-corrected chi connectivity index (χ1v) is 6.89. The average Bonchev–Trinajstić information content (AvgIpc) is 2.30. The molecule has 0 fully saturated rings. The zero-order valence-electron chi connectivity index (χ0n) is 11.8. The minimum atomic E-state index is 0.136. The lowest BCUT2D eigenvalue weighted by atomic mass is 10.1. The molecule has 0 aliphatic heterocycles. The van der Waals surface area contributed by atoms with Crippen LogP contribution in [0.2, 0.25) is 5.02 Å². The summed E-state index contributed by atoms with van der Waals surface area (Å²) in [5.74, 6) is 0. The normalized spacial score (nSPS) is 13.6. The molecule has 1 atom stereocenters. The highest BCUT2D eigenvalue weighted by molar-refractivity contribution is 6.30. The molecule has 0 spiro atoms. The fourth-order valence-corrected chi connectivity index (χ4v) is 1.66. The van der Waals surface area contributed by atoms with Gasteiger partial charge in [-0.1, -0.05) is 30.7 Å². The Labute approximate surface area is 116 Å². The van der Waals surface area contributed by atoms with Crippen molar-refractivity contribution in [2.24, 2.45) is 0 Å². The summed E-state index contributed by atoms with van der Waals surface area (Å²) in [7, 11) is 0. The zero-order chi connectivity index (χ0) is 13.6. The predicted molar refractivity (Wildman–Crippen MR) is 78.1 cm³/mol. The summed E-state index contributed by atoms with van der Waals surface area (Å²) < 4.78 is 5.91. The maximum atomic E-state index is 5.91. The number of halogens is 1. The van der Waals surface area contributed by atoms with Crippen LogP contribution in [0.3, 0.4) is 0 Å². The minimum Gasteiger partial charge on any atom is -0.372 e. The van der Waals surface area contributed by atoms with E-state index in [0.29, 0.717) is 6.61 Å². The van der Waals surface area contributed by atoms with E-state index in [2.05, 4.69) is 33.0 Å². The number of rotatable bonds is 6. The van der Waals surface area contributed by atoms with E-state index in [1.54, 1.807) is 0 Å². The van der Waals surface area contributed by atoms with Gasteiger partial charge in [0.25, 0.3) is 0 Å². The standard InChI is InChI=1S/C15H24ClNO/c1-5-14(10-17-15(2,3)4)18-11-12-6-8-13(16)9-7-12/h6-9,14,17H,5,10-11H2,1-4H3. The van der Waals surface area contributed by atoms with Crippen LogP contribution >= 0.6 is 11.6 Å². The molecule has 1 unspecified atom stereocenters. The molecule has 18 heavy (non-hydrogen) atoms. The Morgan fingerprint density at radius 2 is 1.83 bits per heavy atom. The van der Waals surface area contributed by atoms with Gasteiger partial charge in [0.05, 0.1) is 12.7 Å². The number of hydrogen-bond donors (Lipinski definition) is 1. The Bertz CT molecular complexity index is 343. The van der Waals surface area contributed by atoms with Crippen molar-refractivity contribution in [2.45, 2.75) is 52.4 Å². The summed E-state index contributed by atoms with van der Waals surface area (Å²) in [6.45, 7) is 10.2. The summed E-state index contributed by atoms with van der Waals surface area (Å²) in [5.41, 5.74) is 1.30. The van der Waals surface area contributed by atoms with E-state index in [9.17, 15) is 0 Å². The van der Waals surface area contributed by atoms with Gasteiger partial charge in [-0.15, -0.1) is 0 Å². The molecular formula is C15H24ClNO. The van der Waals surface area contributed by atoms with Gasteiger partial charge in [-0.25, -0.2) is 0 Å². The van der Waals surface area contributed by atoms with Gasteiger partial charge in [-0.3, -0.25) is 0 Å². The lowest BCUT2D eigenvalue weighted by molar-refractivity contribution is 0.0346. The second-order valence-electron chi connectivity index (χ2n) is 5.60. The maximum Gasteiger partial charge on any atom is 0.0721 e. The molecule has 102 valence electrons. The molecule has 0 aromatic heterocycles. The van der Waals surface area contributed by atoms with Gasteiger partial charge in [0.1, 0.15) is 0 Å². The Kier molecular flexibility index (Phi) is 6.13. The number of benzene rings is 1. The van der Waals surface area contributed by atoms with E-state index < -0.39 is 0 Å². The SMILES string of the molecule is CCC(CNC(C)(C)C)OCc1ccc(Cl)cc1. The highest BCUT2D eigenvalue weighted by Crippen LogP contribution is 2.12. The Morgan fingerprint density at radius 3 is 2.33 bits per heavy atom. The van der Waals surface area contributed by atoms with Gasteiger partial charge in [-0.05, 0) is 44.9 Å². The summed E-state index contributed by atoms with van der Waals surface area (Å²) in [6.07, 6.45) is 1.26. The van der Waals surface area contributed by atoms with Crippen LogP contribution in [0.25, 0.3) is 0 Å². The first-order chi connectivity index (χ1) is 8.40. The van der Waals surface area contributed by atoms with E-state index in [1.807, 2.05) is 24.3 Å². The number of ether oxygens (including phenoxy) is 1. The molecule has 0 heterocycles. The van der Waals surface area contributed by atoms with Crippen LogP contribution < -0.4 is 5.32 Å². The number of hydrogen-bond acceptors (Lipinski definition) is 2. The lowest BCUT2D eigenvalue weighted by Gasteiger charge is -2.25. The van der Waals surface area contributed by atoms with Gasteiger partial charge < -0.3 is 10.1 Å². The Hall–Kier alpha value is -0.570. The third-order valence-electron chi connectivity index (χ3n) is 2.71. The van der Waals surface area contributed by atoms with Crippen LogP contribution in [0.5, 0.6) is 0 Å². The monoisotopic (exact) mass is 269 g/mol. The smallest absolute Gasteiger partial charge is 0.0721 e. The lowest BCUT2D eigenvalue weighted by Crippen LogP contribution is -2.41. The van der Waals surface area contributed by atoms with Gasteiger partial charge in [0.15, 0.2) is 0 Å². The van der Waals surface area contributed by atoms with Crippen LogP contribution in [-0.2, 0) is 11.3 Å². The third-order valence-corrected chi connectivity index (χ3v) is 2.97. The molecule has 1 aromatic carbocycles. The van der Waals surface area contributed by atoms with Crippen molar-refractivity contribution in [3.8, 4) is 0 Å². The molecule has 0 saturated carbocycles. The number of nitrogens with one attached hydrogen (secondary N) is 1. The molecule has 2 nitrogen and oxygen atoms in total. The molecule has 0 radical (unpaired) electrons. The second-order valence-corrected chi connectivity index (χ2v) is 6.04. The van der Waals surface area contributed by atoms with Gasteiger partial charge in [0, 0.05) is 17.1 Å². The fraction of sp³-hybridized carbons (Fsp3) is 0.600. The molecule has 0 saturated heterocycles. The average molecular weight is 270 g/mol. The maximum absolute atomic E-state index is 5.91. The highest BCUT2D eigenvalue weighted by Gasteiger charge is 2.13. The molecular weight excluding hydrogens is 246 g/mol. The van der Waals surface area contributed by atoms with Crippen LogP contribution in [0, 0.1) is 0 Å². The van der Waals surface area contributed by atoms with Crippen LogP contribution in [0.15, 0.2) is 24.3 Å². The summed E-state index contributed by atoms with van der Waals surface area (Å²) in [6, 6.07) is 7.81. The quantitative estimate of drug-likeness (QED) is 0.842. The summed E-state index contributed by atoms with van der Waals surface area (Å²) >= 11 is 5.85. The van der Waals surface area contributed by atoms with Crippen molar-refractivity contribution in [2.75, 3.05) is 6.54 Å². The van der Waals surface area contributed by atoms with E-state index in [-0.39, 0.29) is 11.6 Å². The molecule has 0 amide bonds.